The normalized spacial score (nSPS) is 10.4. The summed E-state index contributed by atoms with van der Waals surface area (Å²) in [5.74, 6) is 0.581. The second kappa shape index (κ2) is 9.59. The van der Waals surface area contributed by atoms with Gasteiger partial charge in [0.15, 0.2) is 5.76 Å². The molecule has 0 aliphatic carbocycles. The molecule has 2 aromatic heterocycles. The Morgan fingerprint density at radius 3 is 2.63 bits per heavy atom. The van der Waals surface area contributed by atoms with Gasteiger partial charge >= 0.3 is 0 Å². The SMILES string of the molecule is O=C(CCNC(=O)c1ccco1)Nc1ccc(SCc2cccnc2)cc1. The summed E-state index contributed by atoms with van der Waals surface area (Å²) in [6, 6.07) is 14.8. The minimum atomic E-state index is -0.331. The van der Waals surface area contributed by atoms with Crippen LogP contribution in [0.3, 0.4) is 0 Å². The number of hydrogen-bond donors (Lipinski definition) is 2. The summed E-state index contributed by atoms with van der Waals surface area (Å²) in [5, 5.41) is 5.46. The van der Waals surface area contributed by atoms with Gasteiger partial charge in [0, 0.05) is 41.7 Å². The van der Waals surface area contributed by atoms with E-state index in [1.165, 1.54) is 6.26 Å². The van der Waals surface area contributed by atoms with Crippen LogP contribution in [0, 0.1) is 0 Å². The smallest absolute Gasteiger partial charge is 0.286 e. The van der Waals surface area contributed by atoms with Crippen LogP contribution in [0.15, 0.2) is 76.5 Å². The van der Waals surface area contributed by atoms with E-state index in [-0.39, 0.29) is 30.5 Å². The molecule has 2 amide bonds. The number of thioether (sulfide) groups is 1. The second-order valence-corrected chi connectivity index (χ2v) is 6.75. The predicted octanol–water partition coefficient (Wildman–Crippen LogP) is 3.73. The summed E-state index contributed by atoms with van der Waals surface area (Å²) in [6.45, 7) is 0.240. The van der Waals surface area contributed by atoms with Crippen LogP contribution in [0.2, 0.25) is 0 Å². The van der Waals surface area contributed by atoms with Crippen molar-refractivity contribution in [1.82, 2.24) is 10.3 Å². The van der Waals surface area contributed by atoms with E-state index in [1.54, 1.807) is 30.1 Å². The number of benzene rings is 1. The molecular formula is C20H19N3O3S. The molecule has 2 heterocycles. The molecule has 0 atom stereocenters. The summed E-state index contributed by atoms with van der Waals surface area (Å²) in [4.78, 5) is 28.9. The Morgan fingerprint density at radius 2 is 1.93 bits per heavy atom. The Balaban J connectivity index is 1.39. The number of carbonyl (C=O) groups is 2. The molecule has 0 saturated heterocycles. The largest absolute Gasteiger partial charge is 0.459 e. The van der Waals surface area contributed by atoms with Crippen molar-refractivity contribution in [2.75, 3.05) is 11.9 Å². The van der Waals surface area contributed by atoms with Crippen LogP contribution in [-0.4, -0.2) is 23.3 Å². The molecule has 0 radical (unpaired) electrons. The molecule has 0 aliphatic heterocycles. The second-order valence-electron chi connectivity index (χ2n) is 5.71. The first-order valence-electron chi connectivity index (χ1n) is 8.44. The molecule has 0 unspecified atom stereocenters. The number of anilines is 1. The fourth-order valence-electron chi connectivity index (χ4n) is 2.29. The number of nitrogens with zero attached hydrogens (tertiary/aromatic N) is 1. The van der Waals surface area contributed by atoms with Crippen molar-refractivity contribution in [3.8, 4) is 0 Å². The number of aromatic nitrogens is 1. The van der Waals surface area contributed by atoms with E-state index in [2.05, 4.69) is 15.6 Å². The number of rotatable bonds is 8. The molecule has 2 N–H and O–H groups in total. The van der Waals surface area contributed by atoms with E-state index in [4.69, 9.17) is 4.42 Å². The number of nitrogens with one attached hydrogen (secondary N) is 2. The maximum Gasteiger partial charge on any atom is 0.286 e. The van der Waals surface area contributed by atoms with E-state index in [0.29, 0.717) is 0 Å². The van der Waals surface area contributed by atoms with Gasteiger partial charge in [-0.15, -0.1) is 11.8 Å². The zero-order chi connectivity index (χ0) is 18.9. The van der Waals surface area contributed by atoms with Crippen LogP contribution in [-0.2, 0) is 10.5 Å². The number of pyridine rings is 1. The predicted molar refractivity (Wildman–Crippen MR) is 105 cm³/mol. The lowest BCUT2D eigenvalue weighted by atomic mass is 10.3. The van der Waals surface area contributed by atoms with Crippen molar-refractivity contribution in [2.45, 2.75) is 17.1 Å². The first-order chi connectivity index (χ1) is 13.2. The van der Waals surface area contributed by atoms with Gasteiger partial charge in [-0.1, -0.05) is 6.07 Å². The van der Waals surface area contributed by atoms with E-state index in [1.807, 2.05) is 42.6 Å². The van der Waals surface area contributed by atoms with Gasteiger partial charge in [-0.05, 0) is 48.0 Å². The lowest BCUT2D eigenvalue weighted by molar-refractivity contribution is -0.116. The van der Waals surface area contributed by atoms with E-state index < -0.39 is 0 Å². The van der Waals surface area contributed by atoms with Gasteiger partial charge in [0.2, 0.25) is 5.91 Å². The Labute approximate surface area is 161 Å². The summed E-state index contributed by atoms with van der Waals surface area (Å²) in [6.07, 6.45) is 5.23. The van der Waals surface area contributed by atoms with E-state index >= 15 is 0 Å². The minimum absolute atomic E-state index is 0.162. The summed E-state index contributed by atoms with van der Waals surface area (Å²) >= 11 is 1.71. The molecule has 0 saturated carbocycles. The molecule has 3 aromatic rings. The average Bonchev–Trinajstić information content (AvgIpc) is 3.23. The Morgan fingerprint density at radius 1 is 1.07 bits per heavy atom. The van der Waals surface area contributed by atoms with Crippen LogP contribution in [0.5, 0.6) is 0 Å². The zero-order valence-corrected chi connectivity index (χ0v) is 15.4. The van der Waals surface area contributed by atoms with Gasteiger partial charge in [0.05, 0.1) is 6.26 Å². The third-order valence-electron chi connectivity index (χ3n) is 3.65. The summed E-state index contributed by atoms with van der Waals surface area (Å²) in [7, 11) is 0. The molecule has 27 heavy (non-hydrogen) atoms. The molecule has 7 heteroatoms. The molecule has 138 valence electrons. The number of furan rings is 1. The fourth-order valence-corrected chi connectivity index (χ4v) is 3.13. The standard InChI is InChI=1S/C20H19N3O3S/c24-19(9-11-22-20(25)18-4-2-12-26-18)23-16-5-7-17(8-6-16)27-14-15-3-1-10-21-13-15/h1-8,10,12-13H,9,11,14H2,(H,22,25)(H,23,24). The van der Waals surface area contributed by atoms with E-state index in [9.17, 15) is 9.59 Å². The number of amides is 2. The topological polar surface area (TPSA) is 84.2 Å². The molecular weight excluding hydrogens is 362 g/mol. The molecule has 3 rings (SSSR count). The Hall–Kier alpha value is -3.06. The maximum atomic E-state index is 12.0. The fraction of sp³-hybridized carbons (Fsp3) is 0.150. The highest BCUT2D eigenvalue weighted by Gasteiger charge is 2.09. The molecule has 0 bridgehead atoms. The van der Waals surface area contributed by atoms with Gasteiger partial charge in [0.25, 0.3) is 5.91 Å². The minimum Gasteiger partial charge on any atom is -0.459 e. The van der Waals surface area contributed by atoms with E-state index in [0.717, 1.165) is 21.9 Å². The van der Waals surface area contributed by atoms with Crippen molar-refractivity contribution in [3.63, 3.8) is 0 Å². The zero-order valence-electron chi connectivity index (χ0n) is 14.6. The monoisotopic (exact) mass is 381 g/mol. The van der Waals surface area contributed by atoms with Crippen molar-refractivity contribution in [2.24, 2.45) is 0 Å². The van der Waals surface area contributed by atoms with Crippen molar-refractivity contribution >= 4 is 29.3 Å². The maximum absolute atomic E-state index is 12.0. The van der Waals surface area contributed by atoms with Gasteiger partial charge in [0.1, 0.15) is 0 Å². The number of hydrogen-bond acceptors (Lipinski definition) is 5. The molecule has 0 aliphatic rings. The highest BCUT2D eigenvalue weighted by molar-refractivity contribution is 7.98. The van der Waals surface area contributed by atoms with Gasteiger partial charge in [-0.25, -0.2) is 0 Å². The highest BCUT2D eigenvalue weighted by Crippen LogP contribution is 2.23. The van der Waals surface area contributed by atoms with Crippen LogP contribution in [0.25, 0.3) is 0 Å². The van der Waals surface area contributed by atoms with Crippen LogP contribution in [0.4, 0.5) is 5.69 Å². The van der Waals surface area contributed by atoms with Gasteiger partial charge in [-0.3, -0.25) is 14.6 Å². The van der Waals surface area contributed by atoms with Gasteiger partial charge < -0.3 is 15.1 Å². The van der Waals surface area contributed by atoms with Crippen molar-refractivity contribution < 1.29 is 14.0 Å². The van der Waals surface area contributed by atoms with Crippen LogP contribution in [0.1, 0.15) is 22.5 Å². The average molecular weight is 381 g/mol. The number of carbonyl (C=O) groups excluding carboxylic acids is 2. The first kappa shape index (κ1) is 18.7. The lowest BCUT2D eigenvalue weighted by Crippen LogP contribution is -2.27. The molecule has 6 nitrogen and oxygen atoms in total. The molecule has 1 aromatic carbocycles. The third-order valence-corrected chi connectivity index (χ3v) is 4.73. The first-order valence-corrected chi connectivity index (χ1v) is 9.42. The quantitative estimate of drug-likeness (QED) is 0.581. The summed E-state index contributed by atoms with van der Waals surface area (Å²) in [5.41, 5.74) is 1.89. The van der Waals surface area contributed by atoms with Crippen molar-refractivity contribution in [3.05, 3.63) is 78.5 Å². The van der Waals surface area contributed by atoms with Crippen LogP contribution >= 0.6 is 11.8 Å². The lowest BCUT2D eigenvalue weighted by Gasteiger charge is -2.07. The third kappa shape index (κ3) is 6.00. The Kier molecular flexibility index (Phi) is 6.65. The molecule has 0 fully saturated rings. The summed E-state index contributed by atoms with van der Waals surface area (Å²) < 4.78 is 4.99. The van der Waals surface area contributed by atoms with Gasteiger partial charge in [-0.2, -0.15) is 0 Å². The highest BCUT2D eigenvalue weighted by atomic mass is 32.2. The van der Waals surface area contributed by atoms with Crippen molar-refractivity contribution in [1.29, 1.82) is 0 Å². The Bertz CT molecular complexity index is 865. The molecule has 0 spiro atoms. The van der Waals surface area contributed by atoms with Crippen LogP contribution < -0.4 is 10.6 Å².